The van der Waals surface area contributed by atoms with Crippen molar-refractivity contribution in [3.63, 3.8) is 0 Å². The fraction of sp³-hybridized carbons (Fsp3) is 0.294. The third-order valence-corrected chi connectivity index (χ3v) is 5.89. The third kappa shape index (κ3) is 3.47. The van der Waals surface area contributed by atoms with Crippen LogP contribution in [0.4, 0.5) is 0 Å². The molecule has 0 unspecified atom stereocenters. The Hall–Kier alpha value is -2.25. The van der Waals surface area contributed by atoms with E-state index < -0.39 is 15.1 Å². The molecule has 7 heteroatoms. The number of hydrogen-bond donors (Lipinski definition) is 1. The van der Waals surface area contributed by atoms with Crippen molar-refractivity contribution in [3.8, 4) is 17.2 Å². The van der Waals surface area contributed by atoms with E-state index in [0.717, 1.165) is 0 Å². The minimum Gasteiger partial charge on any atom is -0.497 e. The van der Waals surface area contributed by atoms with Gasteiger partial charge in [-0.05, 0) is 42.5 Å². The van der Waals surface area contributed by atoms with Crippen LogP contribution in [-0.4, -0.2) is 36.3 Å². The van der Waals surface area contributed by atoms with E-state index in [1.165, 1.54) is 33.5 Å². The van der Waals surface area contributed by atoms with Gasteiger partial charge >= 0.3 is 0 Å². The fourth-order valence-electron chi connectivity index (χ4n) is 2.44. The van der Waals surface area contributed by atoms with Gasteiger partial charge in [0.25, 0.3) is 0 Å². The Morgan fingerprint density at radius 1 is 0.917 bits per heavy atom. The number of hydrogen-bond acceptors (Lipinski definition) is 6. The monoisotopic (exact) mass is 351 g/mol. The predicted molar refractivity (Wildman–Crippen MR) is 91.5 cm³/mol. The molecule has 0 saturated heterocycles. The van der Waals surface area contributed by atoms with Gasteiger partial charge in [-0.25, -0.2) is 8.42 Å². The second kappa shape index (κ2) is 7.55. The zero-order valence-electron chi connectivity index (χ0n) is 13.9. The SMILES string of the molecule is COc1ccc(S(=O)(=O)[C@H](CN)c2cc(OC)ccc2OC)cc1. The van der Waals surface area contributed by atoms with Gasteiger partial charge in [0.15, 0.2) is 9.84 Å². The molecule has 2 N–H and O–H groups in total. The number of sulfone groups is 1. The van der Waals surface area contributed by atoms with Gasteiger partial charge in [-0.3, -0.25) is 0 Å². The van der Waals surface area contributed by atoms with Crippen LogP contribution in [0, 0.1) is 0 Å². The first kappa shape index (κ1) is 18.1. The molecule has 0 radical (unpaired) electrons. The Morgan fingerprint density at radius 2 is 1.50 bits per heavy atom. The predicted octanol–water partition coefficient (Wildman–Crippen LogP) is 2.19. The zero-order chi connectivity index (χ0) is 17.7. The van der Waals surface area contributed by atoms with E-state index in [2.05, 4.69) is 0 Å². The molecule has 0 bridgehead atoms. The van der Waals surface area contributed by atoms with Gasteiger partial charge in [0.2, 0.25) is 0 Å². The lowest BCUT2D eigenvalue weighted by Crippen LogP contribution is -2.23. The molecule has 0 amide bonds. The molecule has 2 rings (SSSR count). The van der Waals surface area contributed by atoms with Crippen molar-refractivity contribution in [2.24, 2.45) is 5.73 Å². The number of rotatable bonds is 7. The van der Waals surface area contributed by atoms with Gasteiger partial charge in [0, 0.05) is 12.1 Å². The first-order chi connectivity index (χ1) is 11.5. The molecule has 0 spiro atoms. The molecule has 1 atom stereocenters. The molecular formula is C17H21NO5S. The second-order valence-corrected chi connectivity index (χ2v) is 7.18. The molecule has 0 fully saturated rings. The van der Waals surface area contributed by atoms with Crippen LogP contribution in [0.1, 0.15) is 10.8 Å². The largest absolute Gasteiger partial charge is 0.497 e. The molecule has 0 aliphatic carbocycles. The van der Waals surface area contributed by atoms with Crippen molar-refractivity contribution < 1.29 is 22.6 Å². The van der Waals surface area contributed by atoms with Crippen molar-refractivity contribution in [1.82, 2.24) is 0 Å². The van der Waals surface area contributed by atoms with Crippen molar-refractivity contribution in [1.29, 1.82) is 0 Å². The molecule has 0 aromatic heterocycles. The van der Waals surface area contributed by atoms with Crippen LogP contribution in [0.2, 0.25) is 0 Å². The molecule has 24 heavy (non-hydrogen) atoms. The number of ether oxygens (including phenoxy) is 3. The summed E-state index contributed by atoms with van der Waals surface area (Å²) >= 11 is 0. The molecule has 0 heterocycles. The quantitative estimate of drug-likeness (QED) is 0.823. The van der Waals surface area contributed by atoms with E-state index in [4.69, 9.17) is 19.9 Å². The average Bonchev–Trinajstić information content (AvgIpc) is 2.62. The van der Waals surface area contributed by atoms with Crippen LogP contribution in [0.5, 0.6) is 17.2 Å². The highest BCUT2D eigenvalue weighted by atomic mass is 32.2. The number of methoxy groups -OCH3 is 3. The summed E-state index contributed by atoms with van der Waals surface area (Å²) in [7, 11) is 0.818. The lowest BCUT2D eigenvalue weighted by atomic mass is 10.1. The van der Waals surface area contributed by atoms with Crippen LogP contribution in [0.3, 0.4) is 0 Å². The Kier molecular flexibility index (Phi) is 5.69. The van der Waals surface area contributed by atoms with Gasteiger partial charge in [0.1, 0.15) is 22.5 Å². The highest BCUT2D eigenvalue weighted by Gasteiger charge is 2.30. The van der Waals surface area contributed by atoms with Crippen LogP contribution in [0.15, 0.2) is 47.4 Å². The molecular weight excluding hydrogens is 330 g/mol. The second-order valence-electron chi connectivity index (χ2n) is 5.05. The molecule has 0 aliphatic rings. The maximum absolute atomic E-state index is 13.0. The van der Waals surface area contributed by atoms with Crippen molar-refractivity contribution in [2.45, 2.75) is 10.1 Å². The minimum absolute atomic E-state index is 0.0854. The van der Waals surface area contributed by atoms with Crippen LogP contribution in [0.25, 0.3) is 0 Å². The topological polar surface area (TPSA) is 87.9 Å². The Labute approximate surface area is 142 Å². The number of nitrogens with two attached hydrogens (primary N) is 1. The van der Waals surface area contributed by atoms with E-state index in [9.17, 15) is 8.42 Å². The smallest absolute Gasteiger partial charge is 0.186 e. The van der Waals surface area contributed by atoms with E-state index in [0.29, 0.717) is 22.8 Å². The summed E-state index contributed by atoms with van der Waals surface area (Å²) in [6, 6.07) is 11.2. The van der Waals surface area contributed by atoms with Gasteiger partial charge in [-0.2, -0.15) is 0 Å². The first-order valence-corrected chi connectivity index (χ1v) is 8.82. The van der Waals surface area contributed by atoms with E-state index in [1.54, 1.807) is 30.3 Å². The standard InChI is InChI=1S/C17H21NO5S/c1-21-12-4-7-14(8-5-12)24(19,20)17(11-18)15-10-13(22-2)6-9-16(15)23-3/h4-10,17H,11,18H2,1-3H3/t17-/m1/s1. The molecule has 0 saturated carbocycles. The fourth-order valence-corrected chi connectivity index (χ4v) is 4.06. The Bertz CT molecular complexity index is 787. The van der Waals surface area contributed by atoms with Crippen LogP contribution in [-0.2, 0) is 9.84 Å². The maximum Gasteiger partial charge on any atom is 0.186 e. The lowest BCUT2D eigenvalue weighted by Gasteiger charge is -2.20. The lowest BCUT2D eigenvalue weighted by molar-refractivity contribution is 0.398. The summed E-state index contributed by atoms with van der Waals surface area (Å²) < 4.78 is 41.6. The summed E-state index contributed by atoms with van der Waals surface area (Å²) in [5.41, 5.74) is 6.27. The summed E-state index contributed by atoms with van der Waals surface area (Å²) in [6.07, 6.45) is 0. The van der Waals surface area contributed by atoms with Gasteiger partial charge in [-0.15, -0.1) is 0 Å². The Balaban J connectivity index is 2.53. The molecule has 2 aromatic rings. The molecule has 130 valence electrons. The molecule has 6 nitrogen and oxygen atoms in total. The number of benzene rings is 2. The molecule has 0 aliphatic heterocycles. The highest BCUT2D eigenvalue weighted by molar-refractivity contribution is 7.91. The summed E-state index contributed by atoms with van der Waals surface area (Å²) in [5.74, 6) is 1.56. The van der Waals surface area contributed by atoms with Gasteiger partial charge < -0.3 is 19.9 Å². The van der Waals surface area contributed by atoms with Crippen LogP contribution < -0.4 is 19.9 Å². The van der Waals surface area contributed by atoms with E-state index in [1.807, 2.05) is 0 Å². The molecule has 2 aromatic carbocycles. The zero-order valence-corrected chi connectivity index (χ0v) is 14.7. The maximum atomic E-state index is 13.0. The third-order valence-electron chi connectivity index (χ3n) is 3.76. The van der Waals surface area contributed by atoms with E-state index in [-0.39, 0.29) is 11.4 Å². The summed E-state index contributed by atoms with van der Waals surface area (Å²) in [5, 5.41) is -0.948. The van der Waals surface area contributed by atoms with Crippen molar-refractivity contribution in [2.75, 3.05) is 27.9 Å². The minimum atomic E-state index is -3.70. The summed E-state index contributed by atoms with van der Waals surface area (Å²) in [6.45, 7) is -0.0854. The first-order valence-electron chi connectivity index (χ1n) is 7.27. The van der Waals surface area contributed by atoms with Crippen molar-refractivity contribution >= 4 is 9.84 Å². The van der Waals surface area contributed by atoms with Crippen molar-refractivity contribution in [3.05, 3.63) is 48.0 Å². The summed E-state index contributed by atoms with van der Waals surface area (Å²) in [4.78, 5) is 0.170. The average molecular weight is 351 g/mol. The highest BCUT2D eigenvalue weighted by Crippen LogP contribution is 2.36. The van der Waals surface area contributed by atoms with Gasteiger partial charge in [0.05, 0.1) is 26.2 Å². The normalized spacial score (nSPS) is 12.5. The van der Waals surface area contributed by atoms with Crippen LogP contribution >= 0.6 is 0 Å². The Morgan fingerprint density at radius 3 is 2.00 bits per heavy atom. The van der Waals surface area contributed by atoms with Gasteiger partial charge in [-0.1, -0.05) is 0 Å². The van der Waals surface area contributed by atoms with E-state index >= 15 is 0 Å².